The van der Waals surface area contributed by atoms with E-state index in [-0.39, 0.29) is 11.8 Å². The standard InChI is InChI=1S/C11H10BrNO3/c1-16-9-3-2-7(6-8(9)12)13-10(14)4-5-11(13)15/h2-6,14-15H,1H3. The maximum absolute atomic E-state index is 9.56. The predicted octanol–water partition coefficient (Wildman–Crippen LogP) is 2.66. The summed E-state index contributed by atoms with van der Waals surface area (Å²) in [5.41, 5.74) is 0.646. The molecule has 2 rings (SSSR count). The fourth-order valence-electron chi connectivity index (χ4n) is 1.47. The lowest BCUT2D eigenvalue weighted by Crippen LogP contribution is -1.93. The molecule has 5 heteroatoms. The molecule has 1 aromatic heterocycles. The number of methoxy groups -OCH3 is 1. The minimum absolute atomic E-state index is 0.0189. The molecule has 0 bridgehead atoms. The summed E-state index contributed by atoms with van der Waals surface area (Å²) in [4.78, 5) is 0. The van der Waals surface area contributed by atoms with E-state index in [0.717, 1.165) is 4.47 Å². The second kappa shape index (κ2) is 4.09. The van der Waals surface area contributed by atoms with Crippen molar-refractivity contribution in [1.29, 1.82) is 0 Å². The number of ether oxygens (including phenoxy) is 1. The van der Waals surface area contributed by atoms with Gasteiger partial charge in [0.25, 0.3) is 0 Å². The largest absolute Gasteiger partial charge is 0.496 e. The van der Waals surface area contributed by atoms with Crippen LogP contribution in [0.4, 0.5) is 0 Å². The summed E-state index contributed by atoms with van der Waals surface area (Å²) < 4.78 is 7.17. The molecule has 0 aliphatic rings. The minimum atomic E-state index is -0.0189. The molecule has 0 atom stereocenters. The number of benzene rings is 1. The molecule has 0 spiro atoms. The summed E-state index contributed by atoms with van der Waals surface area (Å²) in [5.74, 6) is 0.652. The first-order valence-electron chi connectivity index (χ1n) is 4.57. The number of rotatable bonds is 2. The van der Waals surface area contributed by atoms with Crippen LogP contribution in [0.5, 0.6) is 17.5 Å². The van der Waals surface area contributed by atoms with Crippen molar-refractivity contribution in [3.8, 4) is 23.2 Å². The number of aromatic nitrogens is 1. The van der Waals surface area contributed by atoms with Crippen molar-refractivity contribution in [2.75, 3.05) is 7.11 Å². The first-order valence-corrected chi connectivity index (χ1v) is 5.36. The van der Waals surface area contributed by atoms with Crippen LogP contribution in [-0.4, -0.2) is 21.9 Å². The van der Waals surface area contributed by atoms with Crippen LogP contribution in [0.1, 0.15) is 0 Å². The van der Waals surface area contributed by atoms with E-state index in [9.17, 15) is 10.2 Å². The first-order chi connectivity index (χ1) is 7.63. The van der Waals surface area contributed by atoms with Gasteiger partial charge in [-0.1, -0.05) is 0 Å². The van der Waals surface area contributed by atoms with Gasteiger partial charge in [-0.25, -0.2) is 0 Å². The minimum Gasteiger partial charge on any atom is -0.496 e. The third-order valence-corrected chi connectivity index (χ3v) is 2.85. The number of aromatic hydroxyl groups is 2. The SMILES string of the molecule is COc1ccc(-n2c(O)ccc2O)cc1Br. The molecule has 1 aromatic carbocycles. The van der Waals surface area contributed by atoms with Crippen molar-refractivity contribution >= 4 is 15.9 Å². The molecule has 0 saturated carbocycles. The van der Waals surface area contributed by atoms with Gasteiger partial charge < -0.3 is 14.9 Å². The van der Waals surface area contributed by atoms with E-state index in [2.05, 4.69) is 15.9 Å². The van der Waals surface area contributed by atoms with Crippen molar-refractivity contribution < 1.29 is 14.9 Å². The molecular weight excluding hydrogens is 274 g/mol. The molecular formula is C11H10BrNO3. The lowest BCUT2D eigenvalue weighted by Gasteiger charge is -2.09. The van der Waals surface area contributed by atoms with Gasteiger partial charge in [-0.3, -0.25) is 4.57 Å². The van der Waals surface area contributed by atoms with Gasteiger partial charge in [0.2, 0.25) is 0 Å². The molecule has 84 valence electrons. The Morgan fingerprint density at radius 1 is 1.12 bits per heavy atom. The highest BCUT2D eigenvalue weighted by Gasteiger charge is 2.09. The molecule has 0 amide bonds. The highest BCUT2D eigenvalue weighted by atomic mass is 79.9. The van der Waals surface area contributed by atoms with Crippen molar-refractivity contribution in [2.45, 2.75) is 0 Å². The second-order valence-corrected chi connectivity index (χ2v) is 4.06. The molecule has 1 heterocycles. The molecule has 0 aliphatic heterocycles. The molecule has 0 aliphatic carbocycles. The van der Waals surface area contributed by atoms with Crippen LogP contribution in [0.3, 0.4) is 0 Å². The Morgan fingerprint density at radius 3 is 2.25 bits per heavy atom. The highest BCUT2D eigenvalue weighted by molar-refractivity contribution is 9.10. The van der Waals surface area contributed by atoms with Gasteiger partial charge >= 0.3 is 0 Å². The van der Waals surface area contributed by atoms with Gasteiger partial charge in [0, 0.05) is 12.1 Å². The van der Waals surface area contributed by atoms with E-state index in [1.165, 1.54) is 16.7 Å². The second-order valence-electron chi connectivity index (χ2n) is 3.20. The third kappa shape index (κ3) is 1.74. The monoisotopic (exact) mass is 283 g/mol. The zero-order valence-electron chi connectivity index (χ0n) is 8.51. The number of nitrogens with zero attached hydrogens (tertiary/aromatic N) is 1. The summed E-state index contributed by atoms with van der Waals surface area (Å²) in [6.45, 7) is 0. The van der Waals surface area contributed by atoms with Gasteiger partial charge in [-0.2, -0.15) is 0 Å². The van der Waals surface area contributed by atoms with Crippen LogP contribution >= 0.6 is 15.9 Å². The van der Waals surface area contributed by atoms with Crippen molar-refractivity contribution in [2.24, 2.45) is 0 Å². The molecule has 2 N–H and O–H groups in total. The van der Waals surface area contributed by atoms with Crippen molar-refractivity contribution in [3.05, 3.63) is 34.8 Å². The third-order valence-electron chi connectivity index (χ3n) is 2.23. The molecule has 2 aromatic rings. The Bertz CT molecular complexity index is 502. The quantitative estimate of drug-likeness (QED) is 0.891. The Balaban J connectivity index is 2.53. The summed E-state index contributed by atoms with van der Waals surface area (Å²) in [6.07, 6.45) is 0. The Hall–Kier alpha value is -1.62. The van der Waals surface area contributed by atoms with E-state index >= 15 is 0 Å². The fourth-order valence-corrected chi connectivity index (χ4v) is 2.00. The average Bonchev–Trinajstić information content (AvgIpc) is 2.58. The topological polar surface area (TPSA) is 54.6 Å². The molecule has 4 nitrogen and oxygen atoms in total. The average molecular weight is 284 g/mol. The van der Waals surface area contributed by atoms with Crippen LogP contribution in [0.25, 0.3) is 5.69 Å². The zero-order valence-corrected chi connectivity index (χ0v) is 10.1. The Kier molecular flexibility index (Phi) is 2.78. The Labute approximate surface area is 101 Å². The molecule has 0 fully saturated rings. The molecule has 0 radical (unpaired) electrons. The smallest absolute Gasteiger partial charge is 0.198 e. The number of hydrogen-bond acceptors (Lipinski definition) is 3. The van der Waals surface area contributed by atoms with Crippen LogP contribution in [-0.2, 0) is 0 Å². The van der Waals surface area contributed by atoms with E-state index in [1.54, 1.807) is 25.3 Å². The van der Waals surface area contributed by atoms with Gasteiger partial charge in [-0.15, -0.1) is 0 Å². The molecule has 0 saturated heterocycles. The predicted molar refractivity (Wildman–Crippen MR) is 63.4 cm³/mol. The van der Waals surface area contributed by atoms with E-state index in [1.807, 2.05) is 0 Å². The van der Waals surface area contributed by atoms with Gasteiger partial charge in [0.05, 0.1) is 17.3 Å². The van der Waals surface area contributed by atoms with E-state index < -0.39 is 0 Å². The maximum atomic E-state index is 9.56. The van der Waals surface area contributed by atoms with E-state index in [4.69, 9.17) is 4.74 Å². The maximum Gasteiger partial charge on any atom is 0.198 e. The highest BCUT2D eigenvalue weighted by Crippen LogP contribution is 2.32. The normalized spacial score (nSPS) is 10.4. The van der Waals surface area contributed by atoms with Gasteiger partial charge in [-0.05, 0) is 34.1 Å². The molecule has 0 unspecified atom stereocenters. The summed E-state index contributed by atoms with van der Waals surface area (Å²) in [6, 6.07) is 8.08. The summed E-state index contributed by atoms with van der Waals surface area (Å²) in [7, 11) is 1.57. The van der Waals surface area contributed by atoms with Crippen molar-refractivity contribution in [1.82, 2.24) is 4.57 Å². The van der Waals surface area contributed by atoms with Gasteiger partial charge in [0.1, 0.15) is 5.75 Å². The van der Waals surface area contributed by atoms with Crippen molar-refractivity contribution in [3.63, 3.8) is 0 Å². The van der Waals surface area contributed by atoms with Crippen LogP contribution in [0.15, 0.2) is 34.8 Å². The van der Waals surface area contributed by atoms with E-state index in [0.29, 0.717) is 11.4 Å². The van der Waals surface area contributed by atoms with Crippen LogP contribution in [0, 0.1) is 0 Å². The fraction of sp³-hybridized carbons (Fsp3) is 0.0909. The number of halogens is 1. The first kappa shape index (κ1) is 10.9. The van der Waals surface area contributed by atoms with Gasteiger partial charge in [0.15, 0.2) is 11.8 Å². The summed E-state index contributed by atoms with van der Waals surface area (Å²) in [5, 5.41) is 19.1. The summed E-state index contributed by atoms with van der Waals surface area (Å²) >= 11 is 3.34. The molecule has 16 heavy (non-hydrogen) atoms. The lowest BCUT2D eigenvalue weighted by atomic mass is 10.3. The zero-order chi connectivity index (χ0) is 11.7. The van der Waals surface area contributed by atoms with Crippen LogP contribution in [0.2, 0.25) is 0 Å². The lowest BCUT2D eigenvalue weighted by molar-refractivity contribution is 0.401. The number of hydrogen-bond donors (Lipinski definition) is 2. The Morgan fingerprint density at radius 2 is 1.75 bits per heavy atom. The van der Waals surface area contributed by atoms with Crippen LogP contribution < -0.4 is 4.74 Å².